The molecule has 1 aromatic heterocycles. The maximum atomic E-state index is 11.8. The van der Waals surface area contributed by atoms with Gasteiger partial charge in [0.2, 0.25) is 5.91 Å². The molecule has 0 saturated carbocycles. The number of aromatic amines is 1. The van der Waals surface area contributed by atoms with Crippen LogP contribution in [0.3, 0.4) is 0 Å². The van der Waals surface area contributed by atoms with Gasteiger partial charge in [-0.25, -0.2) is 9.78 Å². The fourth-order valence-corrected chi connectivity index (χ4v) is 1.95. The summed E-state index contributed by atoms with van der Waals surface area (Å²) in [7, 11) is 0. The van der Waals surface area contributed by atoms with E-state index in [1.807, 2.05) is 0 Å². The zero-order valence-electron chi connectivity index (χ0n) is 9.38. The maximum Gasteiger partial charge on any atom is 0.326 e. The van der Waals surface area contributed by atoms with Crippen molar-refractivity contribution < 1.29 is 14.7 Å². The lowest BCUT2D eigenvalue weighted by atomic mass is 10.0. The number of H-pyrrole nitrogens is 1. The first-order valence-corrected chi connectivity index (χ1v) is 5.30. The molecule has 1 amide bonds. The van der Waals surface area contributed by atoms with Crippen molar-refractivity contribution in [2.75, 3.05) is 0 Å². The van der Waals surface area contributed by atoms with Gasteiger partial charge < -0.3 is 20.7 Å². The molecule has 1 unspecified atom stereocenters. The van der Waals surface area contributed by atoms with Gasteiger partial charge in [-0.05, 0) is 6.92 Å². The number of fused-ring (bicyclic) bond motifs is 1. The summed E-state index contributed by atoms with van der Waals surface area (Å²) in [6, 6.07) is -1.59. The predicted octanol–water partition coefficient (Wildman–Crippen LogP) is -0.905. The zero-order valence-corrected chi connectivity index (χ0v) is 9.38. The van der Waals surface area contributed by atoms with E-state index in [-0.39, 0.29) is 18.9 Å². The van der Waals surface area contributed by atoms with Crippen LogP contribution in [0.4, 0.5) is 0 Å². The number of hydrogen-bond acceptors (Lipinski definition) is 4. The van der Waals surface area contributed by atoms with Crippen molar-refractivity contribution in [3.63, 3.8) is 0 Å². The molecular weight excluding hydrogens is 224 g/mol. The molecule has 0 radical (unpaired) electrons. The molecule has 1 aliphatic rings. The Labute approximate surface area is 97.6 Å². The number of nitrogens with one attached hydrogen (secondary N) is 1. The molecule has 2 atom stereocenters. The molecular formula is C10H14N4O3. The average molecular weight is 238 g/mol. The summed E-state index contributed by atoms with van der Waals surface area (Å²) >= 11 is 0. The third kappa shape index (κ3) is 2.01. The van der Waals surface area contributed by atoms with Crippen LogP contribution in [0.15, 0.2) is 6.33 Å². The predicted molar refractivity (Wildman–Crippen MR) is 57.9 cm³/mol. The van der Waals surface area contributed by atoms with Gasteiger partial charge >= 0.3 is 5.97 Å². The number of carboxylic acid groups (broad SMARTS) is 1. The molecule has 1 aromatic rings. The number of carbonyl (C=O) groups excluding carboxylic acids is 1. The van der Waals surface area contributed by atoms with E-state index < -0.39 is 18.1 Å². The molecule has 0 aromatic carbocycles. The van der Waals surface area contributed by atoms with E-state index in [4.69, 9.17) is 10.8 Å². The van der Waals surface area contributed by atoms with E-state index in [1.54, 1.807) is 6.92 Å². The minimum absolute atomic E-state index is 0.215. The minimum Gasteiger partial charge on any atom is -0.480 e. The Balaban J connectivity index is 2.31. The van der Waals surface area contributed by atoms with Crippen molar-refractivity contribution in [1.82, 2.24) is 14.9 Å². The van der Waals surface area contributed by atoms with Gasteiger partial charge in [0.1, 0.15) is 6.04 Å². The number of amides is 1. The van der Waals surface area contributed by atoms with Crippen molar-refractivity contribution in [2.24, 2.45) is 5.73 Å². The number of imidazole rings is 1. The Hall–Kier alpha value is -1.89. The van der Waals surface area contributed by atoms with Crippen LogP contribution in [-0.4, -0.2) is 43.9 Å². The second-order valence-electron chi connectivity index (χ2n) is 4.14. The largest absolute Gasteiger partial charge is 0.480 e. The quantitative estimate of drug-likeness (QED) is 0.617. The molecule has 2 rings (SSSR count). The summed E-state index contributed by atoms with van der Waals surface area (Å²) in [6.07, 6.45) is 1.72. The van der Waals surface area contributed by atoms with Crippen LogP contribution in [0.1, 0.15) is 18.3 Å². The SMILES string of the molecule is C[C@H](N)C(=O)N1Cc2[nH]cnc2CC1C(=O)O. The Kier molecular flexibility index (Phi) is 2.84. The van der Waals surface area contributed by atoms with Gasteiger partial charge in [0, 0.05) is 6.42 Å². The highest BCUT2D eigenvalue weighted by atomic mass is 16.4. The second-order valence-corrected chi connectivity index (χ2v) is 4.14. The third-order valence-electron chi connectivity index (χ3n) is 2.86. The van der Waals surface area contributed by atoms with Gasteiger partial charge in [0.25, 0.3) is 0 Å². The van der Waals surface area contributed by atoms with Crippen molar-refractivity contribution in [3.8, 4) is 0 Å². The van der Waals surface area contributed by atoms with E-state index in [0.29, 0.717) is 5.69 Å². The number of carbonyl (C=O) groups is 2. The summed E-state index contributed by atoms with van der Waals surface area (Å²) in [5.41, 5.74) is 6.99. The molecule has 92 valence electrons. The molecule has 0 fully saturated rings. The summed E-state index contributed by atoms with van der Waals surface area (Å²) in [4.78, 5) is 31.2. The smallest absolute Gasteiger partial charge is 0.326 e. The fourth-order valence-electron chi connectivity index (χ4n) is 1.95. The van der Waals surface area contributed by atoms with Crippen molar-refractivity contribution in [2.45, 2.75) is 32.0 Å². The van der Waals surface area contributed by atoms with E-state index in [9.17, 15) is 9.59 Å². The number of aromatic nitrogens is 2. The second kappa shape index (κ2) is 4.17. The topological polar surface area (TPSA) is 112 Å². The van der Waals surface area contributed by atoms with Crippen LogP contribution in [0.25, 0.3) is 0 Å². The van der Waals surface area contributed by atoms with Gasteiger partial charge in [-0.2, -0.15) is 0 Å². The molecule has 2 heterocycles. The Bertz CT molecular complexity index is 454. The summed E-state index contributed by atoms with van der Waals surface area (Å²) in [5, 5.41) is 9.13. The lowest BCUT2D eigenvalue weighted by Gasteiger charge is -2.33. The maximum absolute atomic E-state index is 11.8. The van der Waals surface area contributed by atoms with Crippen LogP contribution in [0, 0.1) is 0 Å². The van der Waals surface area contributed by atoms with Crippen molar-refractivity contribution in [1.29, 1.82) is 0 Å². The standard InChI is InChI=1S/C10H14N4O3/c1-5(11)9(15)14-3-7-6(12-4-13-7)2-8(14)10(16)17/h4-5,8H,2-3,11H2,1H3,(H,12,13)(H,16,17)/t5-,8?/m0/s1. The van der Waals surface area contributed by atoms with E-state index in [2.05, 4.69) is 9.97 Å². The molecule has 0 saturated heterocycles. The molecule has 7 heteroatoms. The van der Waals surface area contributed by atoms with Crippen LogP contribution in [0.5, 0.6) is 0 Å². The first kappa shape index (κ1) is 11.6. The zero-order chi connectivity index (χ0) is 12.6. The van der Waals surface area contributed by atoms with Crippen LogP contribution >= 0.6 is 0 Å². The number of carboxylic acids is 1. The molecule has 0 bridgehead atoms. The normalized spacial score (nSPS) is 20.8. The summed E-state index contributed by atoms with van der Waals surface area (Å²) in [5.74, 6) is -1.40. The molecule has 0 spiro atoms. The molecule has 1 aliphatic heterocycles. The summed E-state index contributed by atoms with van der Waals surface area (Å²) < 4.78 is 0. The Morgan fingerprint density at radius 2 is 2.41 bits per heavy atom. The Morgan fingerprint density at radius 3 is 3.00 bits per heavy atom. The first-order valence-electron chi connectivity index (χ1n) is 5.30. The van der Waals surface area contributed by atoms with E-state index in [0.717, 1.165) is 5.69 Å². The molecule has 0 aliphatic carbocycles. The number of nitrogens with zero attached hydrogens (tertiary/aromatic N) is 2. The number of hydrogen-bond donors (Lipinski definition) is 3. The number of aliphatic carboxylic acids is 1. The highest BCUT2D eigenvalue weighted by molar-refractivity contribution is 5.87. The lowest BCUT2D eigenvalue weighted by Crippen LogP contribution is -2.53. The van der Waals surface area contributed by atoms with Crippen LogP contribution in [-0.2, 0) is 22.6 Å². The monoisotopic (exact) mass is 238 g/mol. The van der Waals surface area contributed by atoms with Crippen LogP contribution < -0.4 is 5.73 Å². The molecule has 17 heavy (non-hydrogen) atoms. The Morgan fingerprint density at radius 1 is 1.71 bits per heavy atom. The van der Waals surface area contributed by atoms with Gasteiger partial charge in [-0.15, -0.1) is 0 Å². The fraction of sp³-hybridized carbons (Fsp3) is 0.500. The van der Waals surface area contributed by atoms with Crippen molar-refractivity contribution in [3.05, 3.63) is 17.7 Å². The van der Waals surface area contributed by atoms with Crippen LogP contribution in [0.2, 0.25) is 0 Å². The van der Waals surface area contributed by atoms with Gasteiger partial charge in [0.05, 0.1) is 30.3 Å². The highest BCUT2D eigenvalue weighted by Crippen LogP contribution is 2.21. The molecule has 7 nitrogen and oxygen atoms in total. The van der Waals surface area contributed by atoms with Gasteiger partial charge in [-0.1, -0.05) is 0 Å². The van der Waals surface area contributed by atoms with Crippen molar-refractivity contribution >= 4 is 11.9 Å². The number of rotatable bonds is 2. The minimum atomic E-state index is -1.03. The van der Waals surface area contributed by atoms with E-state index >= 15 is 0 Å². The summed E-state index contributed by atoms with van der Waals surface area (Å²) in [6.45, 7) is 1.76. The van der Waals surface area contributed by atoms with Gasteiger partial charge in [0.15, 0.2) is 0 Å². The number of nitrogens with two attached hydrogens (primary N) is 1. The highest BCUT2D eigenvalue weighted by Gasteiger charge is 2.36. The van der Waals surface area contributed by atoms with Gasteiger partial charge in [-0.3, -0.25) is 4.79 Å². The lowest BCUT2D eigenvalue weighted by molar-refractivity contribution is -0.151. The van der Waals surface area contributed by atoms with E-state index in [1.165, 1.54) is 11.2 Å². The molecule has 4 N–H and O–H groups in total. The average Bonchev–Trinajstić information content (AvgIpc) is 2.72. The third-order valence-corrected chi connectivity index (χ3v) is 2.86. The first-order chi connectivity index (χ1) is 8.00.